The van der Waals surface area contributed by atoms with Crippen LogP contribution >= 0.6 is 0 Å². The Morgan fingerprint density at radius 2 is 1.88 bits per heavy atom. The quantitative estimate of drug-likeness (QED) is 0.685. The molecular formula is C19H15FN2O3. The van der Waals surface area contributed by atoms with Crippen LogP contribution in [0.5, 0.6) is 0 Å². The molecule has 0 aliphatic heterocycles. The van der Waals surface area contributed by atoms with Crippen LogP contribution in [0.2, 0.25) is 0 Å². The third-order valence-electron chi connectivity index (χ3n) is 3.64. The van der Waals surface area contributed by atoms with Gasteiger partial charge in [-0.3, -0.25) is 14.3 Å². The molecule has 0 saturated carbocycles. The maximum absolute atomic E-state index is 13.0. The molecular weight excluding hydrogens is 323 g/mol. The zero-order chi connectivity index (χ0) is 17.8. The maximum Gasteiger partial charge on any atom is 0.340 e. The molecule has 3 aromatic rings. The zero-order valence-electron chi connectivity index (χ0n) is 13.4. The highest BCUT2D eigenvalue weighted by Crippen LogP contribution is 2.16. The van der Waals surface area contributed by atoms with E-state index in [1.807, 2.05) is 0 Å². The van der Waals surface area contributed by atoms with Crippen LogP contribution in [-0.2, 0) is 4.74 Å². The summed E-state index contributed by atoms with van der Waals surface area (Å²) in [6.45, 7) is 1.72. The second-order valence-corrected chi connectivity index (χ2v) is 5.40. The van der Waals surface area contributed by atoms with Crippen molar-refractivity contribution in [3.8, 4) is 5.69 Å². The van der Waals surface area contributed by atoms with E-state index in [9.17, 15) is 14.0 Å². The van der Waals surface area contributed by atoms with E-state index in [0.29, 0.717) is 11.4 Å². The molecule has 1 aromatic carbocycles. The maximum atomic E-state index is 13.0. The molecule has 0 saturated heterocycles. The van der Waals surface area contributed by atoms with Crippen molar-refractivity contribution < 1.29 is 13.9 Å². The smallest absolute Gasteiger partial charge is 0.340 e. The fraction of sp³-hybridized carbons (Fsp3) is 0.105. The molecule has 1 unspecified atom stereocenters. The molecule has 0 amide bonds. The molecule has 25 heavy (non-hydrogen) atoms. The van der Waals surface area contributed by atoms with Gasteiger partial charge in [0.15, 0.2) is 0 Å². The molecule has 0 aliphatic carbocycles. The highest BCUT2D eigenvalue weighted by Gasteiger charge is 2.15. The summed E-state index contributed by atoms with van der Waals surface area (Å²) < 4.78 is 19.7. The predicted octanol–water partition coefficient (Wildman–Crippen LogP) is 3.29. The predicted molar refractivity (Wildman–Crippen MR) is 90.1 cm³/mol. The zero-order valence-corrected chi connectivity index (χ0v) is 13.4. The number of pyridine rings is 2. The summed E-state index contributed by atoms with van der Waals surface area (Å²) in [4.78, 5) is 28.5. The third-order valence-corrected chi connectivity index (χ3v) is 3.64. The molecule has 0 spiro atoms. The molecule has 0 fully saturated rings. The highest BCUT2D eigenvalue weighted by molar-refractivity contribution is 5.89. The molecule has 3 rings (SSSR count). The van der Waals surface area contributed by atoms with Gasteiger partial charge in [-0.15, -0.1) is 0 Å². The normalized spacial score (nSPS) is 11.8. The Labute approximate surface area is 143 Å². The average Bonchev–Trinajstić information content (AvgIpc) is 2.63. The Morgan fingerprint density at radius 3 is 2.56 bits per heavy atom. The lowest BCUT2D eigenvalue weighted by Gasteiger charge is -2.13. The Balaban J connectivity index is 1.85. The number of aromatic nitrogens is 2. The van der Waals surface area contributed by atoms with E-state index in [0.717, 1.165) is 0 Å². The lowest BCUT2D eigenvalue weighted by molar-refractivity contribution is 0.0328. The van der Waals surface area contributed by atoms with Crippen molar-refractivity contribution in [1.29, 1.82) is 0 Å². The van der Waals surface area contributed by atoms with Crippen molar-refractivity contribution in [2.24, 2.45) is 0 Å². The first-order chi connectivity index (χ1) is 12.0. The van der Waals surface area contributed by atoms with Crippen molar-refractivity contribution in [3.05, 3.63) is 94.4 Å². The molecule has 0 bridgehead atoms. The molecule has 5 nitrogen and oxygen atoms in total. The lowest BCUT2D eigenvalue weighted by atomic mass is 10.2. The first-order valence-corrected chi connectivity index (χ1v) is 7.65. The number of hydrogen-bond acceptors (Lipinski definition) is 4. The minimum atomic E-state index is -0.575. The number of hydrogen-bond donors (Lipinski definition) is 0. The fourth-order valence-corrected chi connectivity index (χ4v) is 2.32. The van der Waals surface area contributed by atoms with Crippen LogP contribution in [0.1, 0.15) is 29.1 Å². The van der Waals surface area contributed by atoms with Gasteiger partial charge in [0.2, 0.25) is 0 Å². The summed E-state index contributed by atoms with van der Waals surface area (Å²) in [6, 6.07) is 13.4. The molecule has 0 N–H and O–H groups in total. The minimum Gasteiger partial charge on any atom is -0.453 e. The number of nitrogens with zero attached hydrogens (tertiary/aromatic N) is 2. The van der Waals surface area contributed by atoms with E-state index >= 15 is 0 Å². The van der Waals surface area contributed by atoms with Gasteiger partial charge in [0.1, 0.15) is 11.9 Å². The molecule has 0 aliphatic rings. The summed E-state index contributed by atoms with van der Waals surface area (Å²) in [6.07, 6.45) is 2.47. The van der Waals surface area contributed by atoms with Crippen molar-refractivity contribution >= 4 is 5.97 Å². The third kappa shape index (κ3) is 3.80. The van der Waals surface area contributed by atoms with Gasteiger partial charge in [-0.05, 0) is 49.4 Å². The van der Waals surface area contributed by atoms with E-state index in [2.05, 4.69) is 4.98 Å². The van der Waals surface area contributed by atoms with E-state index in [1.165, 1.54) is 47.2 Å². The lowest BCUT2D eigenvalue weighted by Crippen LogP contribution is -2.19. The van der Waals surface area contributed by atoms with Crippen LogP contribution in [-0.4, -0.2) is 15.5 Å². The number of carbonyl (C=O) groups excluding carboxylic acids is 1. The first kappa shape index (κ1) is 16.6. The largest absolute Gasteiger partial charge is 0.453 e. The van der Waals surface area contributed by atoms with Crippen LogP contribution < -0.4 is 5.56 Å². The summed E-state index contributed by atoms with van der Waals surface area (Å²) in [5.74, 6) is -0.981. The fourth-order valence-electron chi connectivity index (χ4n) is 2.32. The second kappa shape index (κ2) is 7.09. The van der Waals surface area contributed by atoms with Crippen LogP contribution in [0, 0.1) is 5.82 Å². The SMILES string of the molecule is CC(OC(=O)c1ccc(=O)n(-c2ccc(F)cc2)c1)c1ccccn1. The van der Waals surface area contributed by atoms with Crippen molar-refractivity contribution in [3.63, 3.8) is 0 Å². The van der Waals surface area contributed by atoms with Crippen molar-refractivity contribution in [2.75, 3.05) is 0 Å². The van der Waals surface area contributed by atoms with Crippen molar-refractivity contribution in [2.45, 2.75) is 13.0 Å². The van der Waals surface area contributed by atoms with E-state index in [-0.39, 0.29) is 11.1 Å². The van der Waals surface area contributed by atoms with Gasteiger partial charge in [0.05, 0.1) is 11.3 Å². The van der Waals surface area contributed by atoms with Crippen LogP contribution in [0.4, 0.5) is 4.39 Å². The highest BCUT2D eigenvalue weighted by atomic mass is 19.1. The van der Waals surface area contributed by atoms with Crippen LogP contribution in [0.25, 0.3) is 5.69 Å². The van der Waals surface area contributed by atoms with Gasteiger partial charge >= 0.3 is 5.97 Å². The number of carbonyl (C=O) groups is 1. The summed E-state index contributed by atoms with van der Waals surface area (Å²) in [5.41, 5.74) is 0.967. The average molecular weight is 338 g/mol. The van der Waals surface area contributed by atoms with E-state index in [1.54, 1.807) is 31.3 Å². The van der Waals surface area contributed by atoms with Gasteiger partial charge in [0.25, 0.3) is 5.56 Å². The molecule has 126 valence electrons. The summed E-state index contributed by atoms with van der Waals surface area (Å²) >= 11 is 0. The Bertz CT molecular complexity index is 937. The Morgan fingerprint density at radius 1 is 1.12 bits per heavy atom. The van der Waals surface area contributed by atoms with E-state index in [4.69, 9.17) is 4.74 Å². The topological polar surface area (TPSA) is 61.2 Å². The van der Waals surface area contributed by atoms with E-state index < -0.39 is 17.9 Å². The molecule has 2 heterocycles. The van der Waals surface area contributed by atoms with Crippen LogP contribution in [0.15, 0.2) is 71.8 Å². The molecule has 6 heteroatoms. The van der Waals surface area contributed by atoms with Gasteiger partial charge < -0.3 is 4.74 Å². The van der Waals surface area contributed by atoms with Gasteiger partial charge in [-0.1, -0.05) is 6.07 Å². The number of esters is 1. The Kier molecular flexibility index (Phi) is 4.70. The van der Waals surface area contributed by atoms with Gasteiger partial charge in [-0.2, -0.15) is 0 Å². The van der Waals surface area contributed by atoms with Gasteiger partial charge in [-0.25, -0.2) is 9.18 Å². The minimum absolute atomic E-state index is 0.215. The number of ether oxygens (including phenoxy) is 1. The van der Waals surface area contributed by atoms with Gasteiger partial charge in [0, 0.05) is 24.1 Å². The first-order valence-electron chi connectivity index (χ1n) is 7.65. The Hall–Kier alpha value is -3.28. The monoisotopic (exact) mass is 338 g/mol. The summed E-state index contributed by atoms with van der Waals surface area (Å²) in [5, 5.41) is 0. The van der Waals surface area contributed by atoms with Crippen LogP contribution in [0.3, 0.4) is 0 Å². The standard InChI is InChI=1S/C19H15FN2O3/c1-13(17-4-2-3-11-21-17)25-19(24)14-5-10-18(23)22(12-14)16-8-6-15(20)7-9-16/h2-13H,1H3. The summed E-state index contributed by atoms with van der Waals surface area (Å²) in [7, 11) is 0. The van der Waals surface area contributed by atoms with Crippen molar-refractivity contribution in [1.82, 2.24) is 9.55 Å². The molecule has 1 atom stereocenters. The molecule has 2 aromatic heterocycles. The molecule has 0 radical (unpaired) electrons. The second-order valence-electron chi connectivity index (χ2n) is 5.40. The number of benzene rings is 1. The number of halogens is 1. The number of rotatable bonds is 4.